The Bertz CT molecular complexity index is 379. The molecule has 1 aromatic rings. The Labute approximate surface area is 90.7 Å². The van der Waals surface area contributed by atoms with E-state index in [2.05, 4.69) is 15.9 Å². The van der Waals surface area contributed by atoms with Gasteiger partial charge in [0, 0.05) is 16.5 Å². The van der Waals surface area contributed by atoms with Crippen LogP contribution in [0, 0.1) is 0 Å². The van der Waals surface area contributed by atoms with Gasteiger partial charge in [-0.2, -0.15) is 0 Å². The second kappa shape index (κ2) is 3.96. The van der Waals surface area contributed by atoms with Crippen molar-refractivity contribution in [1.29, 1.82) is 0 Å². The maximum Gasteiger partial charge on any atom is 0.184 e. The number of halogens is 1. The highest BCUT2D eigenvalue weighted by Crippen LogP contribution is 2.28. The first-order chi connectivity index (χ1) is 6.81. The highest BCUT2D eigenvalue weighted by atomic mass is 79.9. The van der Waals surface area contributed by atoms with Crippen LogP contribution in [-0.4, -0.2) is 12.9 Å². The standard InChI is InChI=1S/C11H9BrO2/c12-9-3-1-8(2-4-9)10-5-6-14-11(10)7-13/h1-4,7H,5-6H2. The van der Waals surface area contributed by atoms with Crippen molar-refractivity contribution >= 4 is 27.8 Å². The van der Waals surface area contributed by atoms with Crippen LogP contribution in [0.4, 0.5) is 0 Å². The van der Waals surface area contributed by atoms with Crippen LogP contribution in [0.3, 0.4) is 0 Å². The van der Waals surface area contributed by atoms with Gasteiger partial charge >= 0.3 is 0 Å². The van der Waals surface area contributed by atoms with E-state index < -0.39 is 0 Å². The van der Waals surface area contributed by atoms with Crippen molar-refractivity contribution in [3.8, 4) is 0 Å². The van der Waals surface area contributed by atoms with E-state index >= 15 is 0 Å². The lowest BCUT2D eigenvalue weighted by atomic mass is 10.0. The molecule has 0 atom stereocenters. The molecule has 2 nitrogen and oxygen atoms in total. The van der Waals surface area contributed by atoms with E-state index in [0.717, 1.165) is 28.3 Å². The molecule has 0 aromatic heterocycles. The van der Waals surface area contributed by atoms with Crippen LogP contribution >= 0.6 is 15.9 Å². The summed E-state index contributed by atoms with van der Waals surface area (Å²) >= 11 is 3.37. The summed E-state index contributed by atoms with van der Waals surface area (Å²) in [5, 5.41) is 0. The van der Waals surface area contributed by atoms with Crippen molar-refractivity contribution in [2.24, 2.45) is 0 Å². The molecule has 0 spiro atoms. The lowest BCUT2D eigenvalue weighted by molar-refractivity contribution is -0.107. The lowest BCUT2D eigenvalue weighted by Crippen LogP contribution is -1.87. The third kappa shape index (κ3) is 1.73. The summed E-state index contributed by atoms with van der Waals surface area (Å²) in [6.45, 7) is 0.611. The zero-order valence-corrected chi connectivity index (χ0v) is 9.08. The van der Waals surface area contributed by atoms with Gasteiger partial charge in [0.2, 0.25) is 0 Å². The molecule has 0 N–H and O–H groups in total. The maximum absolute atomic E-state index is 10.7. The summed E-state index contributed by atoms with van der Waals surface area (Å²) in [5.74, 6) is 0.479. The van der Waals surface area contributed by atoms with E-state index in [1.807, 2.05) is 24.3 Å². The first kappa shape index (κ1) is 9.46. The molecular weight excluding hydrogens is 244 g/mol. The third-order valence-corrected chi connectivity index (χ3v) is 2.74. The van der Waals surface area contributed by atoms with E-state index in [4.69, 9.17) is 4.74 Å². The van der Waals surface area contributed by atoms with E-state index in [9.17, 15) is 4.79 Å². The second-order valence-corrected chi connectivity index (χ2v) is 3.98. The summed E-state index contributed by atoms with van der Waals surface area (Å²) in [6, 6.07) is 7.89. The zero-order valence-electron chi connectivity index (χ0n) is 7.50. The quantitative estimate of drug-likeness (QED) is 0.757. The molecule has 1 aliphatic rings. The fourth-order valence-electron chi connectivity index (χ4n) is 1.52. The minimum Gasteiger partial charge on any atom is -0.489 e. The Morgan fingerprint density at radius 3 is 2.64 bits per heavy atom. The van der Waals surface area contributed by atoms with E-state index in [0.29, 0.717) is 12.4 Å². The number of aldehydes is 1. The minimum atomic E-state index is 0.479. The van der Waals surface area contributed by atoms with Crippen molar-refractivity contribution in [3.05, 3.63) is 40.1 Å². The summed E-state index contributed by atoms with van der Waals surface area (Å²) in [7, 11) is 0. The van der Waals surface area contributed by atoms with Crippen molar-refractivity contribution < 1.29 is 9.53 Å². The topological polar surface area (TPSA) is 26.3 Å². The Morgan fingerprint density at radius 1 is 1.29 bits per heavy atom. The van der Waals surface area contributed by atoms with Gasteiger partial charge in [0.25, 0.3) is 0 Å². The van der Waals surface area contributed by atoms with Crippen molar-refractivity contribution in [3.63, 3.8) is 0 Å². The largest absolute Gasteiger partial charge is 0.489 e. The number of allylic oxidation sites excluding steroid dienone is 1. The molecule has 0 saturated heterocycles. The molecule has 0 bridgehead atoms. The van der Waals surface area contributed by atoms with Crippen LogP contribution in [0.1, 0.15) is 12.0 Å². The highest BCUT2D eigenvalue weighted by molar-refractivity contribution is 9.10. The predicted octanol–water partition coefficient (Wildman–Crippen LogP) is 2.78. The number of ether oxygens (including phenoxy) is 1. The Morgan fingerprint density at radius 2 is 2.00 bits per heavy atom. The summed E-state index contributed by atoms with van der Waals surface area (Å²) in [6.07, 6.45) is 1.60. The second-order valence-electron chi connectivity index (χ2n) is 3.07. The highest BCUT2D eigenvalue weighted by Gasteiger charge is 2.16. The number of benzene rings is 1. The molecule has 2 rings (SSSR count). The normalized spacial score (nSPS) is 15.5. The van der Waals surface area contributed by atoms with Gasteiger partial charge in [-0.15, -0.1) is 0 Å². The molecule has 1 aliphatic heterocycles. The third-order valence-electron chi connectivity index (χ3n) is 2.21. The van der Waals surface area contributed by atoms with Gasteiger partial charge in [-0.05, 0) is 17.7 Å². The van der Waals surface area contributed by atoms with Gasteiger partial charge in [-0.1, -0.05) is 28.1 Å². The SMILES string of the molecule is O=CC1=C(c2ccc(Br)cc2)CCO1. The summed E-state index contributed by atoms with van der Waals surface area (Å²) in [4.78, 5) is 10.7. The monoisotopic (exact) mass is 252 g/mol. The molecule has 72 valence electrons. The fraction of sp³-hybridized carbons (Fsp3) is 0.182. The van der Waals surface area contributed by atoms with Gasteiger partial charge in [0.05, 0.1) is 6.61 Å². The Balaban J connectivity index is 2.39. The number of hydrogen-bond acceptors (Lipinski definition) is 2. The predicted molar refractivity (Wildman–Crippen MR) is 57.7 cm³/mol. The van der Waals surface area contributed by atoms with Crippen molar-refractivity contribution in [1.82, 2.24) is 0 Å². The number of carbonyl (C=O) groups is 1. The lowest BCUT2D eigenvalue weighted by Gasteiger charge is -2.01. The first-order valence-electron chi connectivity index (χ1n) is 4.38. The van der Waals surface area contributed by atoms with Gasteiger partial charge in [0.15, 0.2) is 12.0 Å². The molecule has 0 saturated carbocycles. The first-order valence-corrected chi connectivity index (χ1v) is 5.17. The van der Waals surface area contributed by atoms with E-state index in [1.165, 1.54) is 0 Å². The van der Waals surface area contributed by atoms with Crippen LogP contribution in [0.25, 0.3) is 5.57 Å². The molecule has 1 aromatic carbocycles. The Hall–Kier alpha value is -1.09. The summed E-state index contributed by atoms with van der Waals surface area (Å²) in [5.41, 5.74) is 2.07. The molecule has 1 heterocycles. The maximum atomic E-state index is 10.7. The molecule has 14 heavy (non-hydrogen) atoms. The van der Waals surface area contributed by atoms with Crippen LogP contribution in [0.2, 0.25) is 0 Å². The molecular formula is C11H9BrO2. The molecule has 3 heteroatoms. The Kier molecular flexibility index (Phi) is 2.68. The molecule has 0 amide bonds. The molecule has 0 aliphatic carbocycles. The molecule has 0 radical (unpaired) electrons. The number of hydrogen-bond donors (Lipinski definition) is 0. The van der Waals surface area contributed by atoms with Crippen LogP contribution in [-0.2, 0) is 9.53 Å². The summed E-state index contributed by atoms with van der Waals surface area (Å²) < 4.78 is 6.23. The average molecular weight is 253 g/mol. The average Bonchev–Trinajstić information content (AvgIpc) is 2.67. The van der Waals surface area contributed by atoms with E-state index in [1.54, 1.807) is 0 Å². The van der Waals surface area contributed by atoms with Gasteiger partial charge in [0.1, 0.15) is 0 Å². The van der Waals surface area contributed by atoms with Crippen LogP contribution in [0.15, 0.2) is 34.5 Å². The number of rotatable bonds is 2. The molecule has 0 unspecified atom stereocenters. The van der Waals surface area contributed by atoms with Gasteiger partial charge < -0.3 is 4.74 Å². The molecule has 0 fully saturated rings. The van der Waals surface area contributed by atoms with Crippen molar-refractivity contribution in [2.45, 2.75) is 6.42 Å². The van der Waals surface area contributed by atoms with Crippen LogP contribution < -0.4 is 0 Å². The zero-order chi connectivity index (χ0) is 9.97. The van der Waals surface area contributed by atoms with E-state index in [-0.39, 0.29) is 0 Å². The minimum absolute atomic E-state index is 0.479. The van der Waals surface area contributed by atoms with Crippen LogP contribution in [0.5, 0.6) is 0 Å². The fourth-order valence-corrected chi connectivity index (χ4v) is 1.78. The number of carbonyl (C=O) groups excluding carboxylic acids is 1. The van der Waals surface area contributed by atoms with Gasteiger partial charge in [-0.25, -0.2) is 0 Å². The van der Waals surface area contributed by atoms with Crippen molar-refractivity contribution in [2.75, 3.05) is 6.61 Å². The van der Waals surface area contributed by atoms with Gasteiger partial charge in [-0.3, -0.25) is 4.79 Å². The smallest absolute Gasteiger partial charge is 0.184 e.